The van der Waals surface area contributed by atoms with E-state index in [1.54, 1.807) is 0 Å². The third-order valence-electron chi connectivity index (χ3n) is 3.82. The van der Waals surface area contributed by atoms with Gasteiger partial charge < -0.3 is 20.6 Å². The fourth-order valence-electron chi connectivity index (χ4n) is 2.66. The summed E-state index contributed by atoms with van der Waals surface area (Å²) in [7, 11) is -5.17. The maximum atomic E-state index is 8.52. The van der Waals surface area contributed by atoms with Crippen molar-refractivity contribution in [1.82, 2.24) is 4.90 Å². The maximum Gasteiger partial charge on any atom is 0.186 e. The van der Waals surface area contributed by atoms with Crippen LogP contribution in [-0.2, 0) is 23.5 Å². The molecule has 0 saturated carbocycles. The summed E-state index contributed by atoms with van der Waals surface area (Å²) in [5.41, 5.74) is 13.2. The molecular weight excluding hydrogens is 344 g/mol. The molecule has 1 saturated heterocycles. The lowest BCUT2D eigenvalue weighted by atomic mass is 10.1. The standard InChI is InChI=1S/C16H26N4.H2O4S/c17-16(18)19-12-14-6-8-15(9-7-14)13-20-10-4-2-1-3-5-11-20;1-5(2,3)4/h6-9H,1-5,10-13H2,(H4,17,18,19);(H2,1,2,3,4)/p-2. The molecule has 25 heavy (non-hydrogen) atoms. The van der Waals surface area contributed by atoms with Crippen LogP contribution in [0, 0.1) is 0 Å². The molecule has 1 fully saturated rings. The molecule has 0 spiro atoms. The van der Waals surface area contributed by atoms with Crippen LogP contribution in [0.15, 0.2) is 29.3 Å². The number of benzene rings is 1. The first-order valence-electron chi connectivity index (χ1n) is 8.26. The van der Waals surface area contributed by atoms with Crippen LogP contribution in [0.1, 0.15) is 43.2 Å². The van der Waals surface area contributed by atoms with E-state index in [4.69, 9.17) is 29.0 Å². The van der Waals surface area contributed by atoms with Crippen molar-refractivity contribution in [3.63, 3.8) is 0 Å². The lowest BCUT2D eigenvalue weighted by Gasteiger charge is -2.24. The van der Waals surface area contributed by atoms with Gasteiger partial charge in [-0.15, -0.1) is 0 Å². The van der Waals surface area contributed by atoms with E-state index in [0.717, 1.165) is 12.1 Å². The summed E-state index contributed by atoms with van der Waals surface area (Å²) >= 11 is 0. The maximum absolute atomic E-state index is 8.52. The Morgan fingerprint density at radius 1 is 0.960 bits per heavy atom. The largest absolute Gasteiger partial charge is 0.759 e. The van der Waals surface area contributed by atoms with E-state index >= 15 is 0 Å². The second kappa shape index (κ2) is 11.0. The first-order valence-corrected chi connectivity index (χ1v) is 9.59. The number of rotatable bonds is 4. The molecular formula is C16H26N4O4S-2. The molecule has 2 rings (SSSR count). The first kappa shape index (κ1) is 21.4. The molecule has 4 N–H and O–H groups in total. The Bertz CT molecular complexity index is 612. The van der Waals surface area contributed by atoms with Gasteiger partial charge in [-0.05, 0) is 37.1 Å². The van der Waals surface area contributed by atoms with E-state index in [1.165, 1.54) is 50.8 Å². The molecule has 1 aliphatic rings. The number of guanidine groups is 1. The minimum Gasteiger partial charge on any atom is -0.759 e. The van der Waals surface area contributed by atoms with E-state index in [-0.39, 0.29) is 5.96 Å². The molecule has 0 atom stereocenters. The molecule has 9 heteroatoms. The first-order chi connectivity index (χ1) is 11.7. The fraction of sp³-hybridized carbons (Fsp3) is 0.562. The van der Waals surface area contributed by atoms with Crippen molar-refractivity contribution < 1.29 is 17.5 Å². The Balaban J connectivity index is 0.000000550. The third kappa shape index (κ3) is 12.3. The summed E-state index contributed by atoms with van der Waals surface area (Å²) in [5, 5.41) is 0. The molecule has 0 radical (unpaired) electrons. The van der Waals surface area contributed by atoms with Crippen LogP contribution in [0.25, 0.3) is 0 Å². The summed E-state index contributed by atoms with van der Waals surface area (Å²) in [6.45, 7) is 4.08. The predicted molar refractivity (Wildman–Crippen MR) is 94.8 cm³/mol. The van der Waals surface area contributed by atoms with Gasteiger partial charge in [0.25, 0.3) is 0 Å². The van der Waals surface area contributed by atoms with Crippen LogP contribution in [0.5, 0.6) is 0 Å². The molecule has 0 amide bonds. The molecule has 1 aliphatic heterocycles. The van der Waals surface area contributed by atoms with Gasteiger partial charge in [0.05, 0.1) is 6.54 Å². The fourth-order valence-corrected chi connectivity index (χ4v) is 2.66. The van der Waals surface area contributed by atoms with Gasteiger partial charge >= 0.3 is 0 Å². The molecule has 1 heterocycles. The van der Waals surface area contributed by atoms with E-state index in [2.05, 4.69) is 34.2 Å². The van der Waals surface area contributed by atoms with Gasteiger partial charge in [-0.2, -0.15) is 0 Å². The third-order valence-corrected chi connectivity index (χ3v) is 3.82. The highest BCUT2D eigenvalue weighted by Crippen LogP contribution is 2.14. The molecule has 0 unspecified atom stereocenters. The number of nitrogens with zero attached hydrogens (tertiary/aromatic N) is 2. The van der Waals surface area contributed by atoms with Gasteiger partial charge in [-0.25, -0.2) is 4.99 Å². The number of nitrogens with two attached hydrogens (primary N) is 2. The summed E-state index contributed by atoms with van der Waals surface area (Å²) in [6.07, 6.45) is 6.85. The molecule has 0 bridgehead atoms. The van der Waals surface area contributed by atoms with E-state index in [0.29, 0.717) is 6.54 Å². The van der Waals surface area contributed by atoms with Crippen molar-refractivity contribution in [3.8, 4) is 0 Å². The Morgan fingerprint density at radius 2 is 1.40 bits per heavy atom. The van der Waals surface area contributed by atoms with Crippen LogP contribution >= 0.6 is 0 Å². The summed E-state index contributed by atoms with van der Waals surface area (Å²) in [5.74, 6) is 0.148. The average Bonchev–Trinajstić information content (AvgIpc) is 2.47. The van der Waals surface area contributed by atoms with E-state index in [9.17, 15) is 0 Å². The minimum absolute atomic E-state index is 0.148. The Morgan fingerprint density at radius 3 is 1.88 bits per heavy atom. The Hall–Kier alpha value is -1.68. The van der Waals surface area contributed by atoms with Crippen molar-refractivity contribution >= 4 is 16.4 Å². The van der Waals surface area contributed by atoms with Gasteiger partial charge in [0, 0.05) is 16.9 Å². The quantitative estimate of drug-likeness (QED) is 0.346. The monoisotopic (exact) mass is 370 g/mol. The number of aliphatic imine (C=N–C) groups is 1. The number of likely N-dealkylation sites (tertiary alicyclic amines) is 1. The van der Waals surface area contributed by atoms with Crippen LogP contribution in [0.3, 0.4) is 0 Å². The van der Waals surface area contributed by atoms with Crippen LogP contribution < -0.4 is 11.5 Å². The average molecular weight is 370 g/mol. The summed E-state index contributed by atoms with van der Waals surface area (Å²) in [6, 6.07) is 8.62. The zero-order valence-corrected chi connectivity index (χ0v) is 15.1. The molecule has 1 aromatic carbocycles. The highest BCUT2D eigenvalue weighted by atomic mass is 32.3. The predicted octanol–water partition coefficient (Wildman–Crippen LogP) is 0.888. The van der Waals surface area contributed by atoms with Gasteiger partial charge in [0.15, 0.2) is 5.96 Å². The molecule has 0 aliphatic carbocycles. The van der Waals surface area contributed by atoms with Crippen LogP contribution in [-0.4, -0.2) is 41.5 Å². The minimum atomic E-state index is -5.17. The van der Waals surface area contributed by atoms with Crippen LogP contribution in [0.4, 0.5) is 0 Å². The smallest absolute Gasteiger partial charge is 0.186 e. The second-order valence-electron chi connectivity index (χ2n) is 6.01. The van der Waals surface area contributed by atoms with Gasteiger partial charge in [0.1, 0.15) is 0 Å². The normalized spacial score (nSPS) is 16.1. The Kier molecular flexibility index (Phi) is 9.43. The van der Waals surface area contributed by atoms with E-state index in [1.807, 2.05) is 0 Å². The van der Waals surface area contributed by atoms with Gasteiger partial charge in [0.2, 0.25) is 0 Å². The Labute approximate surface area is 149 Å². The lowest BCUT2D eigenvalue weighted by molar-refractivity contribution is 0.240. The summed E-state index contributed by atoms with van der Waals surface area (Å²) in [4.78, 5) is 6.60. The second-order valence-corrected chi connectivity index (χ2v) is 6.83. The van der Waals surface area contributed by atoms with Gasteiger partial charge in [-0.1, -0.05) is 43.5 Å². The van der Waals surface area contributed by atoms with Crippen molar-refractivity contribution in [1.29, 1.82) is 0 Å². The molecule has 0 aromatic heterocycles. The van der Waals surface area contributed by atoms with Crippen molar-refractivity contribution in [2.75, 3.05) is 13.1 Å². The van der Waals surface area contributed by atoms with Gasteiger partial charge in [-0.3, -0.25) is 13.3 Å². The van der Waals surface area contributed by atoms with Crippen molar-refractivity contribution in [2.45, 2.75) is 45.2 Å². The SMILES string of the molecule is NC(N)=NCc1ccc(CN2CCCCCCC2)cc1.O=S(=O)([O-])[O-]. The molecule has 1 aromatic rings. The number of hydrogen-bond donors (Lipinski definition) is 2. The highest BCUT2D eigenvalue weighted by molar-refractivity contribution is 7.79. The van der Waals surface area contributed by atoms with E-state index < -0.39 is 10.4 Å². The zero-order valence-electron chi connectivity index (χ0n) is 14.3. The lowest BCUT2D eigenvalue weighted by Crippen LogP contribution is -2.26. The topological polar surface area (TPSA) is 148 Å². The van der Waals surface area contributed by atoms with Crippen molar-refractivity contribution in [2.24, 2.45) is 16.5 Å². The molecule has 8 nitrogen and oxygen atoms in total. The highest BCUT2D eigenvalue weighted by Gasteiger charge is 2.08. The van der Waals surface area contributed by atoms with Crippen LogP contribution in [0.2, 0.25) is 0 Å². The number of hydrogen-bond acceptors (Lipinski definition) is 6. The summed E-state index contributed by atoms with van der Waals surface area (Å²) < 4.78 is 34.1. The van der Waals surface area contributed by atoms with Crippen molar-refractivity contribution in [3.05, 3.63) is 35.4 Å². The zero-order chi connectivity index (χ0) is 18.7. The molecule has 142 valence electrons.